The Morgan fingerprint density at radius 2 is 1.89 bits per heavy atom. The van der Waals surface area contributed by atoms with Crippen LogP contribution in [0.25, 0.3) is 0 Å². The SMILES string of the molecule is Cc1c(Cl)nc(C(C)C)nc1Sc1cccc(Cl)c1. The minimum absolute atomic E-state index is 0.247. The zero-order valence-corrected chi connectivity index (χ0v) is 13.3. The van der Waals surface area contributed by atoms with Crippen molar-refractivity contribution in [3.63, 3.8) is 0 Å². The van der Waals surface area contributed by atoms with E-state index in [9.17, 15) is 0 Å². The number of benzene rings is 1. The van der Waals surface area contributed by atoms with Crippen LogP contribution in [0.4, 0.5) is 0 Å². The summed E-state index contributed by atoms with van der Waals surface area (Å²) in [5.41, 5.74) is 0.899. The second-order valence-electron chi connectivity index (χ2n) is 4.52. The summed E-state index contributed by atoms with van der Waals surface area (Å²) < 4.78 is 0. The van der Waals surface area contributed by atoms with Crippen molar-refractivity contribution in [2.24, 2.45) is 0 Å². The molecule has 1 aromatic heterocycles. The van der Waals surface area contributed by atoms with Gasteiger partial charge in [0, 0.05) is 21.4 Å². The Morgan fingerprint density at radius 3 is 2.53 bits per heavy atom. The molecule has 2 nitrogen and oxygen atoms in total. The summed E-state index contributed by atoms with van der Waals surface area (Å²) in [7, 11) is 0. The number of hydrogen-bond acceptors (Lipinski definition) is 3. The van der Waals surface area contributed by atoms with Gasteiger partial charge in [0.15, 0.2) is 0 Å². The highest BCUT2D eigenvalue weighted by Crippen LogP contribution is 2.33. The van der Waals surface area contributed by atoms with Gasteiger partial charge in [-0.2, -0.15) is 0 Å². The van der Waals surface area contributed by atoms with Crippen LogP contribution in [0.15, 0.2) is 34.2 Å². The summed E-state index contributed by atoms with van der Waals surface area (Å²) in [6, 6.07) is 7.69. The lowest BCUT2D eigenvalue weighted by atomic mass is 10.2. The highest BCUT2D eigenvalue weighted by Gasteiger charge is 2.13. The summed E-state index contributed by atoms with van der Waals surface area (Å²) in [6.07, 6.45) is 0. The monoisotopic (exact) mass is 312 g/mol. The van der Waals surface area contributed by atoms with E-state index in [4.69, 9.17) is 23.2 Å². The predicted molar refractivity (Wildman–Crippen MR) is 81.4 cm³/mol. The second kappa shape index (κ2) is 6.12. The predicted octanol–water partition coefficient (Wildman–Crippen LogP) is 5.37. The lowest BCUT2D eigenvalue weighted by Gasteiger charge is -2.10. The van der Waals surface area contributed by atoms with Gasteiger partial charge in [-0.1, -0.05) is 54.9 Å². The Balaban J connectivity index is 2.39. The van der Waals surface area contributed by atoms with E-state index < -0.39 is 0 Å². The average molecular weight is 313 g/mol. The minimum Gasteiger partial charge on any atom is -0.226 e. The molecule has 0 radical (unpaired) electrons. The fourth-order valence-corrected chi connectivity index (χ4v) is 2.92. The first-order valence-electron chi connectivity index (χ1n) is 5.95. The van der Waals surface area contributed by atoms with Gasteiger partial charge < -0.3 is 0 Å². The Morgan fingerprint density at radius 1 is 1.16 bits per heavy atom. The molecule has 0 unspecified atom stereocenters. The lowest BCUT2D eigenvalue weighted by Crippen LogP contribution is -2.01. The maximum atomic E-state index is 6.17. The van der Waals surface area contributed by atoms with Crippen molar-refractivity contribution in [2.75, 3.05) is 0 Å². The lowest BCUT2D eigenvalue weighted by molar-refractivity contribution is 0.747. The second-order valence-corrected chi connectivity index (χ2v) is 6.37. The Hall–Kier alpha value is -0.770. The number of rotatable bonds is 3. The largest absolute Gasteiger partial charge is 0.226 e. The molecule has 0 aliphatic rings. The number of nitrogens with zero attached hydrogens (tertiary/aromatic N) is 2. The van der Waals surface area contributed by atoms with Gasteiger partial charge in [-0.3, -0.25) is 0 Å². The molecule has 19 heavy (non-hydrogen) atoms. The molecule has 1 heterocycles. The summed E-state index contributed by atoms with van der Waals surface area (Å²) in [5, 5.41) is 2.11. The van der Waals surface area contributed by atoms with Crippen LogP contribution in [0, 0.1) is 6.92 Å². The topological polar surface area (TPSA) is 25.8 Å². The van der Waals surface area contributed by atoms with Crippen LogP contribution in [0.2, 0.25) is 10.2 Å². The van der Waals surface area contributed by atoms with Gasteiger partial charge in [-0.05, 0) is 25.1 Å². The molecule has 100 valence electrons. The normalized spacial score (nSPS) is 11.1. The molecule has 1 aromatic carbocycles. The van der Waals surface area contributed by atoms with Crippen molar-refractivity contribution >= 4 is 35.0 Å². The highest BCUT2D eigenvalue weighted by atomic mass is 35.5. The molecule has 0 saturated heterocycles. The molecule has 0 N–H and O–H groups in total. The van der Waals surface area contributed by atoms with E-state index in [0.29, 0.717) is 10.2 Å². The van der Waals surface area contributed by atoms with Crippen molar-refractivity contribution in [1.29, 1.82) is 0 Å². The van der Waals surface area contributed by atoms with E-state index in [2.05, 4.69) is 23.8 Å². The Bertz CT molecular complexity index is 600. The van der Waals surface area contributed by atoms with Gasteiger partial charge in [0.05, 0.1) is 0 Å². The molecular weight excluding hydrogens is 299 g/mol. The first kappa shape index (κ1) is 14.6. The maximum Gasteiger partial charge on any atom is 0.136 e. The van der Waals surface area contributed by atoms with E-state index in [0.717, 1.165) is 21.3 Å². The maximum absolute atomic E-state index is 6.17. The third kappa shape index (κ3) is 3.62. The summed E-state index contributed by atoms with van der Waals surface area (Å²) >= 11 is 13.7. The van der Waals surface area contributed by atoms with Crippen LogP contribution in [0.5, 0.6) is 0 Å². The third-order valence-corrected chi connectivity index (χ3v) is 4.27. The van der Waals surface area contributed by atoms with Crippen LogP contribution in [0.3, 0.4) is 0 Å². The molecule has 0 spiro atoms. The summed E-state index contributed by atoms with van der Waals surface area (Å²) in [4.78, 5) is 9.93. The van der Waals surface area contributed by atoms with E-state index >= 15 is 0 Å². The van der Waals surface area contributed by atoms with Gasteiger partial charge in [-0.25, -0.2) is 9.97 Å². The molecule has 0 aliphatic carbocycles. The minimum atomic E-state index is 0.247. The van der Waals surface area contributed by atoms with E-state index in [-0.39, 0.29) is 5.92 Å². The van der Waals surface area contributed by atoms with Crippen molar-refractivity contribution in [2.45, 2.75) is 36.6 Å². The quantitative estimate of drug-likeness (QED) is 0.713. The van der Waals surface area contributed by atoms with Gasteiger partial charge in [-0.15, -0.1) is 0 Å². The third-order valence-electron chi connectivity index (χ3n) is 2.59. The van der Waals surface area contributed by atoms with E-state index in [1.165, 1.54) is 0 Å². The number of halogens is 2. The van der Waals surface area contributed by atoms with Crippen LogP contribution in [0.1, 0.15) is 31.2 Å². The average Bonchev–Trinajstić information content (AvgIpc) is 2.34. The van der Waals surface area contributed by atoms with Gasteiger partial charge in [0.1, 0.15) is 16.0 Å². The molecule has 0 aliphatic heterocycles. The van der Waals surface area contributed by atoms with E-state index in [1.54, 1.807) is 11.8 Å². The van der Waals surface area contributed by atoms with Gasteiger partial charge in [0.25, 0.3) is 0 Å². The number of hydrogen-bond donors (Lipinski definition) is 0. The molecule has 0 amide bonds. The number of aromatic nitrogens is 2. The fraction of sp³-hybridized carbons (Fsp3) is 0.286. The molecule has 2 aromatic rings. The molecule has 0 saturated carbocycles. The smallest absolute Gasteiger partial charge is 0.136 e. The summed E-state index contributed by atoms with van der Waals surface area (Å²) in [5.74, 6) is 1.01. The molecule has 5 heteroatoms. The first-order chi connectivity index (χ1) is 8.97. The zero-order chi connectivity index (χ0) is 14.0. The molecule has 0 atom stereocenters. The van der Waals surface area contributed by atoms with Crippen LogP contribution in [-0.2, 0) is 0 Å². The van der Waals surface area contributed by atoms with Gasteiger partial charge >= 0.3 is 0 Å². The molecule has 2 rings (SSSR count). The molecular formula is C14H14Cl2N2S. The van der Waals surface area contributed by atoms with Crippen LogP contribution in [-0.4, -0.2) is 9.97 Å². The van der Waals surface area contributed by atoms with Crippen LogP contribution < -0.4 is 0 Å². The first-order valence-corrected chi connectivity index (χ1v) is 7.52. The molecule has 0 bridgehead atoms. The summed E-state index contributed by atoms with van der Waals surface area (Å²) in [6.45, 7) is 6.03. The van der Waals surface area contributed by atoms with Crippen molar-refractivity contribution in [3.8, 4) is 0 Å². The zero-order valence-electron chi connectivity index (χ0n) is 10.9. The standard InChI is InChI=1S/C14H14Cl2N2S/c1-8(2)13-17-12(16)9(3)14(18-13)19-11-6-4-5-10(15)7-11/h4-8H,1-3H3. The Labute approximate surface area is 127 Å². The van der Waals surface area contributed by atoms with E-state index in [1.807, 2.05) is 31.2 Å². The molecule has 0 fully saturated rings. The van der Waals surface area contributed by atoms with Gasteiger partial charge in [0.2, 0.25) is 0 Å². The van der Waals surface area contributed by atoms with Crippen molar-refractivity contribution < 1.29 is 0 Å². The van der Waals surface area contributed by atoms with Crippen molar-refractivity contribution in [1.82, 2.24) is 9.97 Å². The highest BCUT2D eigenvalue weighted by molar-refractivity contribution is 7.99. The fourth-order valence-electron chi connectivity index (χ4n) is 1.49. The Kier molecular flexibility index (Phi) is 4.71. The van der Waals surface area contributed by atoms with Crippen LogP contribution >= 0.6 is 35.0 Å². The van der Waals surface area contributed by atoms with Crippen molar-refractivity contribution in [3.05, 3.63) is 45.8 Å².